The quantitative estimate of drug-likeness (QED) is 0.726. The van der Waals surface area contributed by atoms with E-state index in [4.69, 9.17) is 9.84 Å². The fourth-order valence-corrected chi connectivity index (χ4v) is 2.93. The number of aliphatic hydroxyl groups is 1. The minimum absolute atomic E-state index is 0.0285. The third-order valence-corrected chi connectivity index (χ3v) is 4.46. The van der Waals surface area contributed by atoms with E-state index in [1.165, 1.54) is 18.2 Å². The summed E-state index contributed by atoms with van der Waals surface area (Å²) >= 11 is 0. The summed E-state index contributed by atoms with van der Waals surface area (Å²) in [5.74, 6) is 0.107. The molecule has 1 heterocycles. The first-order chi connectivity index (χ1) is 9.73. The molecule has 0 unspecified atom stereocenters. The van der Waals surface area contributed by atoms with Gasteiger partial charge < -0.3 is 15.2 Å². The summed E-state index contributed by atoms with van der Waals surface area (Å²) in [6.45, 7) is 3.38. The van der Waals surface area contributed by atoms with Crippen molar-refractivity contribution in [3.8, 4) is 5.75 Å². The van der Waals surface area contributed by atoms with Crippen LogP contribution in [0.3, 0.4) is 0 Å². The van der Waals surface area contributed by atoms with Gasteiger partial charge in [0.15, 0.2) is 6.61 Å². The topological polar surface area (TPSA) is 105 Å². The number of hydrogen-bond acceptors (Lipinski definition) is 5. The van der Waals surface area contributed by atoms with Crippen molar-refractivity contribution in [3.05, 3.63) is 18.2 Å². The van der Waals surface area contributed by atoms with Gasteiger partial charge in [-0.2, -0.15) is 0 Å². The predicted molar refractivity (Wildman–Crippen MR) is 76.6 cm³/mol. The van der Waals surface area contributed by atoms with Gasteiger partial charge in [0.2, 0.25) is 10.0 Å². The van der Waals surface area contributed by atoms with E-state index >= 15 is 0 Å². The number of sulfonamides is 1. The Balaban J connectivity index is 2.21. The van der Waals surface area contributed by atoms with Crippen LogP contribution in [-0.2, 0) is 14.8 Å². The number of hydrogen-bond donors (Lipinski definition) is 3. The highest BCUT2D eigenvalue weighted by molar-refractivity contribution is 7.89. The summed E-state index contributed by atoms with van der Waals surface area (Å²) in [6.07, 6.45) is 0. The molecule has 0 spiro atoms. The maximum absolute atomic E-state index is 12.2. The zero-order valence-corrected chi connectivity index (χ0v) is 12.7. The number of nitrogens with one attached hydrogen (secondary N) is 2. The normalized spacial score (nSPS) is 15.1. The van der Waals surface area contributed by atoms with E-state index in [1.807, 2.05) is 0 Å². The van der Waals surface area contributed by atoms with Crippen LogP contribution in [0.1, 0.15) is 13.8 Å². The van der Waals surface area contributed by atoms with Gasteiger partial charge >= 0.3 is 0 Å². The average Bonchev–Trinajstić information content (AvgIpc) is 2.44. The lowest BCUT2D eigenvalue weighted by molar-refractivity contribution is -0.118. The number of benzene rings is 1. The van der Waals surface area contributed by atoms with Gasteiger partial charge in [-0.3, -0.25) is 4.79 Å². The Bertz CT molecular complexity index is 655. The smallest absolute Gasteiger partial charge is 0.262 e. The maximum Gasteiger partial charge on any atom is 0.262 e. The number of aliphatic hydroxyl groups excluding tert-OH is 1. The van der Waals surface area contributed by atoms with E-state index in [2.05, 4.69) is 10.0 Å². The molecule has 3 N–H and O–H groups in total. The lowest BCUT2D eigenvalue weighted by atomic mass is 9.96. The first kappa shape index (κ1) is 15.7. The maximum atomic E-state index is 12.2. The molecule has 0 radical (unpaired) electrons. The first-order valence-electron chi connectivity index (χ1n) is 6.41. The summed E-state index contributed by atoms with van der Waals surface area (Å²) in [6, 6.07) is 4.26. The van der Waals surface area contributed by atoms with Gasteiger partial charge in [-0.25, -0.2) is 13.1 Å². The third kappa shape index (κ3) is 3.72. The molecule has 1 aliphatic rings. The van der Waals surface area contributed by atoms with Gasteiger partial charge in [-0.1, -0.05) is 13.8 Å². The van der Waals surface area contributed by atoms with Gasteiger partial charge in [-0.15, -0.1) is 0 Å². The molecule has 0 saturated heterocycles. The van der Waals surface area contributed by atoms with Crippen molar-refractivity contribution in [2.45, 2.75) is 18.7 Å². The van der Waals surface area contributed by atoms with E-state index < -0.39 is 15.4 Å². The number of rotatable bonds is 5. The third-order valence-electron chi connectivity index (χ3n) is 3.06. The lowest BCUT2D eigenvalue weighted by Gasteiger charge is -2.22. The molecule has 1 amide bonds. The van der Waals surface area contributed by atoms with Crippen molar-refractivity contribution in [2.24, 2.45) is 5.41 Å². The minimum atomic E-state index is -3.72. The molecule has 1 aromatic rings. The van der Waals surface area contributed by atoms with Crippen molar-refractivity contribution in [2.75, 3.05) is 25.1 Å². The number of anilines is 1. The molecule has 0 bridgehead atoms. The fraction of sp³-hybridized carbons (Fsp3) is 0.462. The lowest BCUT2D eigenvalue weighted by Crippen LogP contribution is -2.36. The van der Waals surface area contributed by atoms with Crippen LogP contribution < -0.4 is 14.8 Å². The number of carbonyl (C=O) groups excluding carboxylic acids is 1. The van der Waals surface area contributed by atoms with E-state index in [0.717, 1.165) is 0 Å². The van der Waals surface area contributed by atoms with Crippen LogP contribution in [-0.4, -0.2) is 39.2 Å². The second kappa shape index (κ2) is 5.63. The summed E-state index contributed by atoms with van der Waals surface area (Å²) in [7, 11) is -3.72. The predicted octanol–water partition coefficient (Wildman–Crippen LogP) is 0.314. The molecule has 0 atom stereocenters. The molecular weight excluding hydrogens is 296 g/mol. The molecule has 21 heavy (non-hydrogen) atoms. The van der Waals surface area contributed by atoms with Gasteiger partial charge in [-0.05, 0) is 18.2 Å². The van der Waals surface area contributed by atoms with Crippen LogP contribution in [0.5, 0.6) is 5.75 Å². The number of ether oxygens (including phenoxy) is 1. The zero-order chi connectivity index (χ0) is 15.7. The zero-order valence-electron chi connectivity index (χ0n) is 11.8. The standard InChI is InChI=1S/C13H18N2O5S/c1-13(2,8-16)7-14-21(18,19)9-3-4-11-10(5-9)15-12(17)6-20-11/h3-5,14,16H,6-8H2,1-2H3,(H,15,17). The second-order valence-electron chi connectivity index (χ2n) is 5.64. The molecule has 0 fully saturated rings. The Morgan fingerprint density at radius 1 is 1.43 bits per heavy atom. The molecule has 7 nitrogen and oxygen atoms in total. The van der Waals surface area contributed by atoms with Crippen molar-refractivity contribution in [3.63, 3.8) is 0 Å². The van der Waals surface area contributed by atoms with Crippen LogP contribution in [0.4, 0.5) is 5.69 Å². The molecule has 0 aliphatic carbocycles. The Morgan fingerprint density at radius 2 is 2.14 bits per heavy atom. The highest BCUT2D eigenvalue weighted by Gasteiger charge is 2.24. The summed E-state index contributed by atoms with van der Waals surface area (Å²) in [5.41, 5.74) is -0.228. The first-order valence-corrected chi connectivity index (χ1v) is 7.89. The van der Waals surface area contributed by atoms with Crippen LogP contribution in [0.15, 0.2) is 23.1 Å². The molecule has 1 aliphatic heterocycles. The molecule has 0 aromatic heterocycles. The van der Waals surface area contributed by atoms with Crippen LogP contribution in [0.2, 0.25) is 0 Å². The molecule has 0 saturated carbocycles. The summed E-state index contributed by atoms with van der Waals surface area (Å²) in [4.78, 5) is 11.3. The fourth-order valence-electron chi connectivity index (χ4n) is 1.66. The molecule has 116 valence electrons. The Labute approximate surface area is 123 Å². The van der Waals surface area contributed by atoms with Gasteiger partial charge in [0.1, 0.15) is 5.75 Å². The Hall–Kier alpha value is -1.64. The number of amides is 1. The Kier molecular flexibility index (Phi) is 4.22. The average molecular weight is 314 g/mol. The van der Waals surface area contributed by atoms with Gasteiger partial charge in [0.25, 0.3) is 5.91 Å². The van der Waals surface area contributed by atoms with Crippen molar-refractivity contribution in [1.82, 2.24) is 4.72 Å². The Morgan fingerprint density at radius 3 is 2.81 bits per heavy atom. The molecule has 2 rings (SSSR count). The van der Waals surface area contributed by atoms with Crippen LogP contribution >= 0.6 is 0 Å². The van der Waals surface area contributed by atoms with Crippen molar-refractivity contribution < 1.29 is 23.1 Å². The van der Waals surface area contributed by atoms with E-state index in [-0.39, 0.29) is 30.6 Å². The SMILES string of the molecule is CC(C)(CO)CNS(=O)(=O)c1ccc2c(c1)NC(=O)CO2. The molecular formula is C13H18N2O5S. The van der Waals surface area contributed by atoms with E-state index in [9.17, 15) is 13.2 Å². The van der Waals surface area contributed by atoms with Gasteiger partial charge in [0.05, 0.1) is 10.6 Å². The van der Waals surface area contributed by atoms with Crippen molar-refractivity contribution in [1.29, 1.82) is 0 Å². The highest BCUT2D eigenvalue weighted by Crippen LogP contribution is 2.30. The van der Waals surface area contributed by atoms with E-state index in [1.54, 1.807) is 13.8 Å². The molecule has 1 aromatic carbocycles. The summed E-state index contributed by atoms with van der Waals surface area (Å²) < 4.78 is 32.0. The highest BCUT2D eigenvalue weighted by atomic mass is 32.2. The molecule has 8 heteroatoms. The van der Waals surface area contributed by atoms with Gasteiger partial charge in [0, 0.05) is 18.6 Å². The van der Waals surface area contributed by atoms with Crippen molar-refractivity contribution >= 4 is 21.6 Å². The summed E-state index contributed by atoms with van der Waals surface area (Å²) in [5, 5.41) is 11.7. The second-order valence-corrected chi connectivity index (χ2v) is 7.41. The largest absolute Gasteiger partial charge is 0.482 e. The number of fused-ring (bicyclic) bond motifs is 1. The number of carbonyl (C=O) groups is 1. The van der Waals surface area contributed by atoms with Crippen LogP contribution in [0.25, 0.3) is 0 Å². The van der Waals surface area contributed by atoms with E-state index in [0.29, 0.717) is 11.4 Å². The minimum Gasteiger partial charge on any atom is -0.482 e. The monoisotopic (exact) mass is 314 g/mol. The van der Waals surface area contributed by atoms with Crippen LogP contribution in [0, 0.1) is 5.41 Å².